The van der Waals surface area contributed by atoms with Gasteiger partial charge in [-0.2, -0.15) is 10.5 Å². The van der Waals surface area contributed by atoms with Gasteiger partial charge in [0.05, 0.1) is 21.9 Å². The molecular weight excluding hydrogens is 275 g/mol. The van der Waals surface area contributed by atoms with E-state index in [1.807, 2.05) is 6.07 Å². The van der Waals surface area contributed by atoms with Gasteiger partial charge < -0.3 is 5.32 Å². The van der Waals surface area contributed by atoms with Gasteiger partial charge in [-0.15, -0.1) is 0 Å². The summed E-state index contributed by atoms with van der Waals surface area (Å²) in [6, 6.07) is 11.2. The van der Waals surface area contributed by atoms with E-state index in [9.17, 15) is 14.5 Å². The zero-order valence-corrected chi connectivity index (χ0v) is 10.5. The SMILES string of the molecule is N#Cc1cc([N+](=O)[O-])ccc1Nc1cccc(F)c1C#N. The normalized spacial score (nSPS) is 9.48. The topological polar surface area (TPSA) is 103 Å². The van der Waals surface area contributed by atoms with E-state index in [1.54, 1.807) is 6.07 Å². The molecule has 0 aliphatic carbocycles. The molecule has 0 aliphatic heterocycles. The summed E-state index contributed by atoms with van der Waals surface area (Å²) in [5, 5.41) is 31.4. The second-order valence-electron chi connectivity index (χ2n) is 4.00. The molecule has 0 amide bonds. The average molecular weight is 282 g/mol. The largest absolute Gasteiger partial charge is 0.353 e. The summed E-state index contributed by atoms with van der Waals surface area (Å²) >= 11 is 0. The van der Waals surface area contributed by atoms with Gasteiger partial charge in [0.2, 0.25) is 0 Å². The van der Waals surface area contributed by atoms with Crippen LogP contribution in [0.3, 0.4) is 0 Å². The maximum Gasteiger partial charge on any atom is 0.270 e. The van der Waals surface area contributed by atoms with E-state index in [0.717, 1.165) is 12.1 Å². The van der Waals surface area contributed by atoms with Gasteiger partial charge in [-0.25, -0.2) is 4.39 Å². The maximum atomic E-state index is 13.5. The van der Waals surface area contributed by atoms with Gasteiger partial charge in [-0.05, 0) is 18.2 Å². The maximum absolute atomic E-state index is 13.5. The molecule has 0 radical (unpaired) electrons. The van der Waals surface area contributed by atoms with E-state index in [-0.39, 0.29) is 28.2 Å². The van der Waals surface area contributed by atoms with E-state index in [1.165, 1.54) is 24.3 Å². The number of nitro groups is 1. The number of halogens is 1. The summed E-state index contributed by atoms with van der Waals surface area (Å²) in [5.41, 5.74) is 0.0435. The van der Waals surface area contributed by atoms with Crippen LogP contribution in [-0.2, 0) is 0 Å². The first-order valence-corrected chi connectivity index (χ1v) is 5.71. The average Bonchev–Trinajstić information content (AvgIpc) is 2.47. The van der Waals surface area contributed by atoms with Crippen molar-refractivity contribution in [3.63, 3.8) is 0 Å². The van der Waals surface area contributed by atoms with Crippen LogP contribution in [0.2, 0.25) is 0 Å². The molecule has 0 heterocycles. The molecule has 21 heavy (non-hydrogen) atoms. The molecule has 0 saturated carbocycles. The summed E-state index contributed by atoms with van der Waals surface area (Å²) in [6.07, 6.45) is 0. The molecule has 2 aromatic rings. The Balaban J connectivity index is 2.46. The number of nitro benzene ring substituents is 1. The van der Waals surface area contributed by atoms with Crippen LogP contribution in [0.5, 0.6) is 0 Å². The lowest BCUT2D eigenvalue weighted by atomic mass is 10.1. The molecule has 1 N–H and O–H groups in total. The quantitative estimate of drug-likeness (QED) is 0.687. The first-order valence-electron chi connectivity index (χ1n) is 5.71. The van der Waals surface area contributed by atoms with Gasteiger partial charge in [0.25, 0.3) is 5.69 Å². The van der Waals surface area contributed by atoms with Crippen molar-refractivity contribution in [3.05, 3.63) is 63.5 Å². The Hall–Kier alpha value is -3.45. The molecule has 0 saturated heterocycles. The number of non-ortho nitro benzene ring substituents is 1. The van der Waals surface area contributed by atoms with Crippen molar-refractivity contribution in [2.24, 2.45) is 0 Å². The highest BCUT2D eigenvalue weighted by Crippen LogP contribution is 2.27. The molecule has 7 heteroatoms. The van der Waals surface area contributed by atoms with Gasteiger partial charge in [-0.3, -0.25) is 10.1 Å². The molecule has 0 fully saturated rings. The summed E-state index contributed by atoms with van der Waals surface area (Å²) in [4.78, 5) is 10.0. The highest BCUT2D eigenvalue weighted by molar-refractivity contribution is 5.72. The first-order chi connectivity index (χ1) is 10.1. The van der Waals surface area contributed by atoms with Crippen LogP contribution in [0, 0.1) is 38.6 Å². The minimum atomic E-state index is -0.692. The van der Waals surface area contributed by atoms with Gasteiger partial charge >= 0.3 is 0 Å². The molecular formula is C14H7FN4O2. The zero-order chi connectivity index (χ0) is 15.4. The van der Waals surface area contributed by atoms with Gasteiger partial charge in [0.1, 0.15) is 23.5 Å². The number of benzene rings is 2. The standard InChI is InChI=1S/C14H7FN4O2/c15-12-2-1-3-14(11(12)8-17)18-13-5-4-10(19(20)21)6-9(13)7-16/h1-6,18H. The predicted octanol–water partition coefficient (Wildman–Crippen LogP) is 3.22. The molecule has 0 spiro atoms. The highest BCUT2D eigenvalue weighted by atomic mass is 19.1. The van der Waals surface area contributed by atoms with E-state index < -0.39 is 10.7 Å². The molecule has 0 aromatic heterocycles. The van der Waals surface area contributed by atoms with Crippen LogP contribution in [0.15, 0.2) is 36.4 Å². The number of nitrogens with one attached hydrogen (secondary N) is 1. The number of rotatable bonds is 3. The molecule has 2 aromatic carbocycles. The predicted molar refractivity (Wildman–Crippen MR) is 72.2 cm³/mol. The number of hydrogen-bond acceptors (Lipinski definition) is 5. The zero-order valence-electron chi connectivity index (χ0n) is 10.5. The fraction of sp³-hybridized carbons (Fsp3) is 0. The van der Waals surface area contributed by atoms with Crippen molar-refractivity contribution < 1.29 is 9.31 Å². The van der Waals surface area contributed by atoms with Crippen molar-refractivity contribution in [3.8, 4) is 12.1 Å². The van der Waals surface area contributed by atoms with E-state index in [2.05, 4.69) is 5.32 Å². The van der Waals surface area contributed by atoms with E-state index in [0.29, 0.717) is 0 Å². The molecule has 0 atom stereocenters. The smallest absolute Gasteiger partial charge is 0.270 e. The summed E-state index contributed by atoms with van der Waals surface area (Å²) in [5.74, 6) is -0.692. The third kappa shape index (κ3) is 2.77. The minimum absolute atomic E-state index is 0.0253. The van der Waals surface area contributed by atoms with Crippen LogP contribution in [0.25, 0.3) is 0 Å². The van der Waals surface area contributed by atoms with Crippen molar-refractivity contribution in [2.75, 3.05) is 5.32 Å². The molecule has 2 rings (SSSR count). The van der Waals surface area contributed by atoms with Gasteiger partial charge in [-0.1, -0.05) is 6.07 Å². The monoisotopic (exact) mass is 282 g/mol. The van der Waals surface area contributed by atoms with Crippen LogP contribution in [0.4, 0.5) is 21.5 Å². The Morgan fingerprint density at radius 1 is 1.14 bits per heavy atom. The lowest BCUT2D eigenvalue weighted by molar-refractivity contribution is -0.384. The molecule has 0 aliphatic rings. The Morgan fingerprint density at radius 3 is 2.52 bits per heavy atom. The summed E-state index contributed by atoms with van der Waals surface area (Å²) < 4.78 is 13.5. The minimum Gasteiger partial charge on any atom is -0.353 e. The van der Waals surface area contributed by atoms with Crippen molar-refractivity contribution in [1.82, 2.24) is 0 Å². The van der Waals surface area contributed by atoms with E-state index >= 15 is 0 Å². The molecule has 102 valence electrons. The Morgan fingerprint density at radius 2 is 1.90 bits per heavy atom. The van der Waals surface area contributed by atoms with Crippen LogP contribution >= 0.6 is 0 Å². The second-order valence-corrected chi connectivity index (χ2v) is 4.00. The fourth-order valence-electron chi connectivity index (χ4n) is 1.73. The lowest BCUT2D eigenvalue weighted by Gasteiger charge is -2.10. The summed E-state index contributed by atoms with van der Waals surface area (Å²) in [6.45, 7) is 0. The van der Waals surface area contributed by atoms with Crippen LogP contribution < -0.4 is 5.32 Å². The van der Waals surface area contributed by atoms with Crippen LogP contribution in [-0.4, -0.2) is 4.92 Å². The Bertz CT molecular complexity index is 806. The highest BCUT2D eigenvalue weighted by Gasteiger charge is 2.13. The van der Waals surface area contributed by atoms with Crippen molar-refractivity contribution >= 4 is 17.1 Å². The third-order valence-corrected chi connectivity index (χ3v) is 2.73. The van der Waals surface area contributed by atoms with Gasteiger partial charge in [0, 0.05) is 12.1 Å². The molecule has 0 bridgehead atoms. The Kier molecular flexibility index (Phi) is 3.78. The number of hydrogen-bond donors (Lipinski definition) is 1. The van der Waals surface area contributed by atoms with Crippen LogP contribution in [0.1, 0.15) is 11.1 Å². The summed E-state index contributed by atoms with van der Waals surface area (Å²) in [7, 11) is 0. The molecule has 0 unspecified atom stereocenters. The number of nitriles is 2. The first kappa shape index (κ1) is 14.0. The lowest BCUT2D eigenvalue weighted by Crippen LogP contribution is -1.99. The number of nitrogens with zero attached hydrogens (tertiary/aromatic N) is 3. The second kappa shape index (κ2) is 5.68. The van der Waals surface area contributed by atoms with E-state index in [4.69, 9.17) is 10.5 Å². The van der Waals surface area contributed by atoms with Crippen molar-refractivity contribution in [1.29, 1.82) is 10.5 Å². The molecule has 6 nitrogen and oxygen atoms in total. The van der Waals surface area contributed by atoms with Gasteiger partial charge in [0.15, 0.2) is 0 Å². The fourth-order valence-corrected chi connectivity index (χ4v) is 1.73. The third-order valence-electron chi connectivity index (χ3n) is 2.73. The Labute approximate surface area is 118 Å². The van der Waals surface area contributed by atoms with Crippen molar-refractivity contribution in [2.45, 2.75) is 0 Å². The number of anilines is 2.